The summed E-state index contributed by atoms with van der Waals surface area (Å²) < 4.78 is 5.64. The highest BCUT2D eigenvalue weighted by Gasteiger charge is 2.12. The average molecular weight is 292 g/mol. The average Bonchev–Trinajstić information content (AvgIpc) is 2.43. The normalized spacial score (nSPS) is 13.6. The van der Waals surface area contributed by atoms with Gasteiger partial charge in [0.15, 0.2) is 0 Å². The Labute approximate surface area is 128 Å². The maximum absolute atomic E-state index is 11.9. The van der Waals surface area contributed by atoms with Gasteiger partial charge in [-0.15, -0.1) is 0 Å². The van der Waals surface area contributed by atoms with E-state index >= 15 is 0 Å². The third-order valence-corrected chi connectivity index (χ3v) is 3.58. The molecule has 2 atom stereocenters. The lowest BCUT2D eigenvalue weighted by Gasteiger charge is -2.20. The van der Waals surface area contributed by atoms with Crippen molar-refractivity contribution in [2.75, 3.05) is 0 Å². The fraction of sp³-hybridized carbons (Fsp3) is 0.588. The van der Waals surface area contributed by atoms with E-state index in [0.717, 1.165) is 17.7 Å². The van der Waals surface area contributed by atoms with Gasteiger partial charge in [0.2, 0.25) is 0 Å². The van der Waals surface area contributed by atoms with Crippen molar-refractivity contribution in [3.8, 4) is 5.75 Å². The van der Waals surface area contributed by atoms with Gasteiger partial charge in [0.25, 0.3) is 0 Å². The minimum Gasteiger partial charge on any atom is -0.491 e. The Morgan fingerprint density at radius 2 is 1.95 bits per heavy atom. The molecule has 118 valence electrons. The zero-order valence-corrected chi connectivity index (χ0v) is 13.8. The van der Waals surface area contributed by atoms with Crippen molar-refractivity contribution in [2.45, 2.75) is 59.7 Å². The Balaban J connectivity index is 2.46. The van der Waals surface area contributed by atoms with Crippen molar-refractivity contribution in [2.24, 2.45) is 5.92 Å². The lowest BCUT2D eigenvalue weighted by molar-refractivity contribution is 0.232. The quantitative estimate of drug-likeness (QED) is 0.805. The van der Waals surface area contributed by atoms with Crippen molar-refractivity contribution in [1.29, 1.82) is 0 Å². The zero-order chi connectivity index (χ0) is 15.8. The van der Waals surface area contributed by atoms with E-state index in [1.165, 1.54) is 0 Å². The molecular formula is C17H28N2O2. The third kappa shape index (κ3) is 6.52. The summed E-state index contributed by atoms with van der Waals surface area (Å²) in [5.74, 6) is 1.30. The van der Waals surface area contributed by atoms with Gasteiger partial charge in [0.1, 0.15) is 5.75 Å². The van der Waals surface area contributed by atoms with Crippen LogP contribution in [0.3, 0.4) is 0 Å². The van der Waals surface area contributed by atoms with E-state index in [1.54, 1.807) is 0 Å². The molecule has 0 spiro atoms. The van der Waals surface area contributed by atoms with Crippen molar-refractivity contribution >= 4 is 6.03 Å². The number of carbonyl (C=O) groups is 1. The van der Waals surface area contributed by atoms with Crippen LogP contribution in [0.2, 0.25) is 0 Å². The summed E-state index contributed by atoms with van der Waals surface area (Å²) in [4.78, 5) is 11.9. The maximum Gasteiger partial charge on any atom is 0.315 e. The van der Waals surface area contributed by atoms with Crippen molar-refractivity contribution in [1.82, 2.24) is 10.6 Å². The van der Waals surface area contributed by atoms with Crippen LogP contribution in [0.4, 0.5) is 4.79 Å². The molecule has 0 radical (unpaired) electrons. The van der Waals surface area contributed by atoms with Crippen LogP contribution in [0.15, 0.2) is 24.3 Å². The van der Waals surface area contributed by atoms with Crippen LogP contribution in [0.5, 0.6) is 5.75 Å². The Hall–Kier alpha value is -1.71. The van der Waals surface area contributed by atoms with Crippen LogP contribution in [-0.4, -0.2) is 18.2 Å². The summed E-state index contributed by atoms with van der Waals surface area (Å²) in [6.07, 6.45) is 1.20. The molecule has 4 heteroatoms. The van der Waals surface area contributed by atoms with Crippen LogP contribution < -0.4 is 15.4 Å². The molecule has 0 aliphatic heterocycles. The van der Waals surface area contributed by atoms with E-state index in [1.807, 2.05) is 45.0 Å². The molecule has 2 amide bonds. The maximum atomic E-state index is 11.9. The van der Waals surface area contributed by atoms with E-state index < -0.39 is 0 Å². The number of rotatable bonds is 7. The van der Waals surface area contributed by atoms with Crippen molar-refractivity contribution in [3.63, 3.8) is 0 Å². The van der Waals surface area contributed by atoms with Gasteiger partial charge in [-0.25, -0.2) is 4.79 Å². The van der Waals surface area contributed by atoms with Crippen LogP contribution >= 0.6 is 0 Å². The molecule has 1 aromatic carbocycles. The standard InChI is InChI=1S/C17H28N2O2/c1-6-13(4)14(5)19-17(20)18-11-15-8-7-9-16(10-15)21-12(2)3/h7-10,12-14H,6,11H2,1-5H3,(H2,18,19,20). The minimum atomic E-state index is -0.127. The SMILES string of the molecule is CCC(C)C(C)NC(=O)NCc1cccc(OC(C)C)c1. The molecule has 1 rings (SSSR count). The summed E-state index contributed by atoms with van der Waals surface area (Å²) in [5.41, 5.74) is 1.03. The second kappa shape index (κ2) is 8.55. The van der Waals surface area contributed by atoms with Crippen LogP contribution in [-0.2, 0) is 6.54 Å². The van der Waals surface area contributed by atoms with Gasteiger partial charge in [-0.1, -0.05) is 32.4 Å². The van der Waals surface area contributed by atoms with Crippen molar-refractivity contribution in [3.05, 3.63) is 29.8 Å². The van der Waals surface area contributed by atoms with Crippen molar-refractivity contribution < 1.29 is 9.53 Å². The molecule has 0 saturated heterocycles. The predicted octanol–water partition coefficient (Wildman–Crippen LogP) is 3.71. The summed E-state index contributed by atoms with van der Waals surface area (Å²) in [6, 6.07) is 7.84. The van der Waals surface area contributed by atoms with E-state index in [-0.39, 0.29) is 18.2 Å². The van der Waals surface area contributed by atoms with E-state index in [9.17, 15) is 4.79 Å². The monoisotopic (exact) mass is 292 g/mol. The molecular weight excluding hydrogens is 264 g/mol. The lowest BCUT2D eigenvalue weighted by Crippen LogP contribution is -2.43. The molecule has 0 heterocycles. The summed E-state index contributed by atoms with van der Waals surface area (Å²) >= 11 is 0. The number of hydrogen-bond donors (Lipinski definition) is 2. The van der Waals surface area contributed by atoms with Gasteiger partial charge in [0.05, 0.1) is 6.10 Å². The Kier molecular flexibility index (Phi) is 7.06. The van der Waals surface area contributed by atoms with E-state index in [0.29, 0.717) is 12.5 Å². The first-order valence-electron chi connectivity index (χ1n) is 7.72. The summed E-state index contributed by atoms with van der Waals surface area (Å²) in [5, 5.41) is 5.85. The van der Waals surface area contributed by atoms with Gasteiger partial charge in [0, 0.05) is 12.6 Å². The highest BCUT2D eigenvalue weighted by atomic mass is 16.5. The van der Waals surface area contributed by atoms with E-state index in [4.69, 9.17) is 4.74 Å². The molecule has 0 aliphatic rings. The van der Waals surface area contributed by atoms with Crippen LogP contribution in [0.25, 0.3) is 0 Å². The molecule has 0 aliphatic carbocycles. The molecule has 21 heavy (non-hydrogen) atoms. The number of urea groups is 1. The zero-order valence-electron chi connectivity index (χ0n) is 13.8. The number of carbonyl (C=O) groups excluding carboxylic acids is 1. The lowest BCUT2D eigenvalue weighted by atomic mass is 10.0. The Morgan fingerprint density at radius 3 is 2.57 bits per heavy atom. The molecule has 0 fully saturated rings. The number of hydrogen-bond acceptors (Lipinski definition) is 2. The summed E-state index contributed by atoms with van der Waals surface area (Å²) in [7, 11) is 0. The predicted molar refractivity (Wildman–Crippen MR) is 86.5 cm³/mol. The molecule has 2 unspecified atom stereocenters. The first-order valence-corrected chi connectivity index (χ1v) is 7.72. The van der Waals surface area contributed by atoms with Crippen LogP contribution in [0.1, 0.15) is 46.6 Å². The largest absolute Gasteiger partial charge is 0.491 e. The molecule has 0 aromatic heterocycles. The minimum absolute atomic E-state index is 0.127. The highest BCUT2D eigenvalue weighted by molar-refractivity contribution is 5.74. The van der Waals surface area contributed by atoms with Gasteiger partial charge < -0.3 is 15.4 Å². The molecule has 2 N–H and O–H groups in total. The fourth-order valence-electron chi connectivity index (χ4n) is 1.94. The third-order valence-electron chi connectivity index (χ3n) is 3.58. The van der Waals surface area contributed by atoms with Crippen LogP contribution in [0, 0.1) is 5.92 Å². The molecule has 1 aromatic rings. The van der Waals surface area contributed by atoms with E-state index in [2.05, 4.69) is 24.5 Å². The second-order valence-corrected chi connectivity index (χ2v) is 5.82. The van der Waals surface area contributed by atoms with Gasteiger partial charge in [-0.05, 0) is 44.4 Å². The van der Waals surface area contributed by atoms with Gasteiger partial charge in [-0.2, -0.15) is 0 Å². The Morgan fingerprint density at radius 1 is 1.24 bits per heavy atom. The van der Waals surface area contributed by atoms with Gasteiger partial charge >= 0.3 is 6.03 Å². The number of amides is 2. The van der Waals surface area contributed by atoms with Gasteiger partial charge in [-0.3, -0.25) is 0 Å². The molecule has 4 nitrogen and oxygen atoms in total. The first-order chi connectivity index (χ1) is 9.92. The topological polar surface area (TPSA) is 50.4 Å². The summed E-state index contributed by atoms with van der Waals surface area (Å²) in [6.45, 7) is 10.8. The number of benzene rings is 1. The molecule has 0 saturated carbocycles. The first kappa shape index (κ1) is 17.3. The second-order valence-electron chi connectivity index (χ2n) is 5.82. The molecule has 0 bridgehead atoms. The fourth-order valence-corrected chi connectivity index (χ4v) is 1.94. The number of nitrogens with one attached hydrogen (secondary N) is 2. The smallest absolute Gasteiger partial charge is 0.315 e. The number of ether oxygens (including phenoxy) is 1. The highest BCUT2D eigenvalue weighted by Crippen LogP contribution is 2.14. The Bertz CT molecular complexity index is 446.